The van der Waals surface area contributed by atoms with Gasteiger partial charge in [0.25, 0.3) is 0 Å². The Bertz CT molecular complexity index is 840. The first-order valence-electron chi connectivity index (χ1n) is 6.34. The molecule has 0 aliphatic carbocycles. The summed E-state index contributed by atoms with van der Waals surface area (Å²) in [4.78, 5) is 12.7. The second-order valence-corrected chi connectivity index (χ2v) is 6.03. The van der Waals surface area contributed by atoms with Gasteiger partial charge in [-0.2, -0.15) is 0 Å². The van der Waals surface area contributed by atoms with Crippen molar-refractivity contribution in [2.24, 2.45) is 0 Å². The zero-order valence-corrected chi connectivity index (χ0v) is 13.3. The van der Waals surface area contributed by atoms with E-state index in [4.69, 9.17) is 17.3 Å². The van der Waals surface area contributed by atoms with Gasteiger partial charge in [0, 0.05) is 26.3 Å². The highest BCUT2D eigenvalue weighted by atomic mass is 79.9. The highest BCUT2D eigenvalue weighted by molar-refractivity contribution is 9.10. The standard InChI is InChI=1S/C17H11BrClNO/c18-16-6-5-15(13-3-1-2-4-14(13)16)17(21)10-7-11(19)9-12(20)8-10/h1-9H,20H2. The number of ketones is 1. The molecule has 0 aliphatic rings. The van der Waals surface area contributed by atoms with Crippen molar-refractivity contribution in [2.45, 2.75) is 0 Å². The molecule has 21 heavy (non-hydrogen) atoms. The Hall–Kier alpha value is -1.84. The summed E-state index contributed by atoms with van der Waals surface area (Å²) in [6, 6.07) is 16.4. The summed E-state index contributed by atoms with van der Waals surface area (Å²) in [6.07, 6.45) is 0. The van der Waals surface area contributed by atoms with Crippen molar-refractivity contribution in [1.29, 1.82) is 0 Å². The lowest BCUT2D eigenvalue weighted by Gasteiger charge is -2.08. The molecule has 3 aromatic rings. The van der Waals surface area contributed by atoms with Crippen LogP contribution in [0.4, 0.5) is 5.69 Å². The first-order chi connectivity index (χ1) is 10.1. The average molecular weight is 361 g/mol. The third-order valence-electron chi connectivity index (χ3n) is 3.30. The molecule has 0 bridgehead atoms. The van der Waals surface area contributed by atoms with Gasteiger partial charge in [0.1, 0.15) is 0 Å². The van der Waals surface area contributed by atoms with Crippen molar-refractivity contribution >= 4 is 49.8 Å². The van der Waals surface area contributed by atoms with E-state index in [1.165, 1.54) is 0 Å². The summed E-state index contributed by atoms with van der Waals surface area (Å²) in [5, 5.41) is 2.36. The van der Waals surface area contributed by atoms with Gasteiger partial charge < -0.3 is 5.73 Å². The molecule has 3 rings (SSSR count). The van der Waals surface area contributed by atoms with Gasteiger partial charge in [-0.1, -0.05) is 51.8 Å². The van der Waals surface area contributed by atoms with Gasteiger partial charge >= 0.3 is 0 Å². The molecule has 0 fully saturated rings. The van der Waals surface area contributed by atoms with Gasteiger partial charge in [0.15, 0.2) is 5.78 Å². The van der Waals surface area contributed by atoms with Crippen LogP contribution >= 0.6 is 27.5 Å². The van der Waals surface area contributed by atoms with Crippen LogP contribution in [0.3, 0.4) is 0 Å². The Kier molecular flexibility index (Phi) is 3.70. The highest BCUT2D eigenvalue weighted by Crippen LogP contribution is 2.29. The smallest absolute Gasteiger partial charge is 0.193 e. The Morgan fingerprint density at radius 3 is 2.43 bits per heavy atom. The highest BCUT2D eigenvalue weighted by Gasteiger charge is 2.14. The van der Waals surface area contributed by atoms with Crippen LogP contribution in [-0.4, -0.2) is 5.78 Å². The number of anilines is 1. The van der Waals surface area contributed by atoms with E-state index < -0.39 is 0 Å². The van der Waals surface area contributed by atoms with Crippen molar-refractivity contribution in [1.82, 2.24) is 0 Å². The maximum Gasteiger partial charge on any atom is 0.193 e. The van der Waals surface area contributed by atoms with Crippen molar-refractivity contribution in [2.75, 3.05) is 5.73 Å². The zero-order chi connectivity index (χ0) is 15.0. The molecule has 4 heteroatoms. The summed E-state index contributed by atoms with van der Waals surface area (Å²) < 4.78 is 0.959. The summed E-state index contributed by atoms with van der Waals surface area (Å²) in [5.74, 6) is -0.0899. The van der Waals surface area contributed by atoms with E-state index in [0.29, 0.717) is 21.8 Å². The number of benzene rings is 3. The average Bonchev–Trinajstić information content (AvgIpc) is 2.46. The molecular weight excluding hydrogens is 350 g/mol. The van der Waals surface area contributed by atoms with Gasteiger partial charge in [0.05, 0.1) is 0 Å². The van der Waals surface area contributed by atoms with E-state index in [1.807, 2.05) is 36.4 Å². The number of nitrogens with two attached hydrogens (primary N) is 1. The molecule has 0 saturated carbocycles. The van der Waals surface area contributed by atoms with Gasteiger partial charge in [-0.3, -0.25) is 4.79 Å². The predicted molar refractivity (Wildman–Crippen MR) is 90.9 cm³/mol. The normalized spacial score (nSPS) is 10.8. The minimum atomic E-state index is -0.0899. The lowest BCUT2D eigenvalue weighted by Crippen LogP contribution is -2.03. The largest absolute Gasteiger partial charge is 0.399 e. The molecular formula is C17H11BrClNO. The van der Waals surface area contributed by atoms with Crippen molar-refractivity contribution in [3.63, 3.8) is 0 Å². The Labute approximate surface area is 135 Å². The minimum Gasteiger partial charge on any atom is -0.399 e. The van der Waals surface area contributed by atoms with Crippen LogP contribution in [0.1, 0.15) is 15.9 Å². The van der Waals surface area contributed by atoms with E-state index in [-0.39, 0.29) is 5.78 Å². The van der Waals surface area contributed by atoms with Crippen molar-refractivity contribution in [3.8, 4) is 0 Å². The number of fused-ring (bicyclic) bond motifs is 1. The Morgan fingerprint density at radius 2 is 1.71 bits per heavy atom. The number of hydrogen-bond donors (Lipinski definition) is 1. The quantitative estimate of drug-likeness (QED) is 0.512. The SMILES string of the molecule is Nc1cc(Cl)cc(C(=O)c2ccc(Br)c3ccccc23)c1. The fourth-order valence-corrected chi connectivity index (χ4v) is 3.08. The molecule has 0 unspecified atom stereocenters. The molecule has 0 aliphatic heterocycles. The van der Waals surface area contributed by atoms with Crippen LogP contribution in [0, 0.1) is 0 Å². The molecule has 0 heterocycles. The van der Waals surface area contributed by atoms with Crippen LogP contribution in [-0.2, 0) is 0 Å². The fourth-order valence-electron chi connectivity index (χ4n) is 2.36. The second-order valence-electron chi connectivity index (χ2n) is 4.74. The first kappa shape index (κ1) is 14.1. The number of hydrogen-bond acceptors (Lipinski definition) is 2. The maximum atomic E-state index is 12.7. The van der Waals surface area contributed by atoms with Crippen molar-refractivity contribution in [3.05, 3.63) is 75.2 Å². The second kappa shape index (κ2) is 5.51. The number of carbonyl (C=O) groups excluding carboxylic acids is 1. The molecule has 0 amide bonds. The molecule has 3 aromatic carbocycles. The molecule has 2 N–H and O–H groups in total. The monoisotopic (exact) mass is 359 g/mol. The summed E-state index contributed by atoms with van der Waals surface area (Å²) in [6.45, 7) is 0. The van der Waals surface area contributed by atoms with Crippen LogP contribution in [0.25, 0.3) is 10.8 Å². The lowest BCUT2D eigenvalue weighted by molar-refractivity contribution is 0.104. The van der Waals surface area contributed by atoms with Gasteiger partial charge in [0.2, 0.25) is 0 Å². The third-order valence-corrected chi connectivity index (χ3v) is 4.21. The zero-order valence-electron chi connectivity index (χ0n) is 10.9. The summed E-state index contributed by atoms with van der Waals surface area (Å²) in [7, 11) is 0. The van der Waals surface area contributed by atoms with E-state index in [1.54, 1.807) is 18.2 Å². The van der Waals surface area contributed by atoms with E-state index in [9.17, 15) is 4.79 Å². The molecule has 2 nitrogen and oxygen atoms in total. The number of halogens is 2. The predicted octanol–water partition coefficient (Wildman–Crippen LogP) is 5.07. The van der Waals surface area contributed by atoms with Crippen LogP contribution < -0.4 is 5.73 Å². The molecule has 104 valence electrons. The van der Waals surface area contributed by atoms with Gasteiger partial charge in [-0.25, -0.2) is 0 Å². The van der Waals surface area contributed by atoms with Crippen LogP contribution in [0.2, 0.25) is 5.02 Å². The van der Waals surface area contributed by atoms with E-state index >= 15 is 0 Å². The lowest BCUT2D eigenvalue weighted by atomic mass is 9.97. The fraction of sp³-hybridized carbons (Fsp3) is 0. The van der Waals surface area contributed by atoms with E-state index in [2.05, 4.69) is 15.9 Å². The molecule has 0 radical (unpaired) electrons. The van der Waals surface area contributed by atoms with Crippen LogP contribution in [0.15, 0.2) is 59.1 Å². The topological polar surface area (TPSA) is 43.1 Å². The third kappa shape index (κ3) is 2.67. The molecule has 0 saturated heterocycles. The van der Waals surface area contributed by atoms with Crippen molar-refractivity contribution < 1.29 is 4.79 Å². The van der Waals surface area contributed by atoms with Gasteiger partial charge in [-0.05, 0) is 41.1 Å². The minimum absolute atomic E-state index is 0.0899. The number of rotatable bonds is 2. The number of nitrogen functional groups attached to an aromatic ring is 1. The van der Waals surface area contributed by atoms with Crippen LogP contribution in [0.5, 0.6) is 0 Å². The molecule has 0 atom stereocenters. The maximum absolute atomic E-state index is 12.7. The molecule has 0 spiro atoms. The first-order valence-corrected chi connectivity index (χ1v) is 7.51. The summed E-state index contributed by atoms with van der Waals surface area (Å²) >= 11 is 9.49. The van der Waals surface area contributed by atoms with E-state index in [0.717, 1.165) is 15.2 Å². The number of carbonyl (C=O) groups is 1. The Morgan fingerprint density at radius 1 is 1.00 bits per heavy atom. The van der Waals surface area contributed by atoms with Gasteiger partial charge in [-0.15, -0.1) is 0 Å². The Balaban J connectivity index is 2.20. The molecule has 0 aromatic heterocycles. The summed E-state index contributed by atoms with van der Waals surface area (Å²) in [5.41, 5.74) is 7.37.